The maximum atomic E-state index is 12.5. The fourth-order valence-corrected chi connectivity index (χ4v) is 2.46. The number of methoxy groups -OCH3 is 5. The Labute approximate surface area is 152 Å². The first-order valence-electron chi connectivity index (χ1n) is 7.82. The lowest BCUT2D eigenvalue weighted by molar-refractivity contribution is 0.104. The van der Waals surface area contributed by atoms with E-state index in [0.29, 0.717) is 34.3 Å². The number of hydrogen-bond donors (Lipinski definition) is 0. The number of hydrogen-bond acceptors (Lipinski definition) is 6. The summed E-state index contributed by atoms with van der Waals surface area (Å²) >= 11 is 0. The number of carbonyl (C=O) groups is 1. The third kappa shape index (κ3) is 4.08. The van der Waals surface area contributed by atoms with E-state index in [1.54, 1.807) is 43.5 Å². The number of allylic oxidation sites excluding steroid dienone is 1. The smallest absolute Gasteiger partial charge is 0.203 e. The van der Waals surface area contributed by atoms with Gasteiger partial charge in [0.05, 0.1) is 41.1 Å². The Morgan fingerprint density at radius 1 is 0.769 bits per heavy atom. The van der Waals surface area contributed by atoms with Crippen molar-refractivity contribution in [2.45, 2.75) is 0 Å². The highest BCUT2D eigenvalue weighted by Crippen LogP contribution is 2.38. The molecule has 0 N–H and O–H groups in total. The molecule has 0 aromatic heterocycles. The van der Waals surface area contributed by atoms with Gasteiger partial charge in [0.25, 0.3) is 0 Å². The van der Waals surface area contributed by atoms with Crippen molar-refractivity contribution in [3.63, 3.8) is 0 Å². The molecule has 0 bridgehead atoms. The van der Waals surface area contributed by atoms with Crippen molar-refractivity contribution in [3.8, 4) is 28.7 Å². The molecule has 0 aliphatic carbocycles. The predicted molar refractivity (Wildman–Crippen MR) is 99.0 cm³/mol. The molecule has 0 saturated carbocycles. The summed E-state index contributed by atoms with van der Waals surface area (Å²) in [5.41, 5.74) is 1.18. The summed E-state index contributed by atoms with van der Waals surface area (Å²) in [6.07, 6.45) is 3.14. The average molecular weight is 358 g/mol. The van der Waals surface area contributed by atoms with Gasteiger partial charge >= 0.3 is 0 Å². The van der Waals surface area contributed by atoms with E-state index in [0.717, 1.165) is 5.56 Å². The number of carbonyl (C=O) groups excluding carboxylic acids is 1. The third-order valence-electron chi connectivity index (χ3n) is 3.79. The second-order valence-electron chi connectivity index (χ2n) is 5.22. The number of ketones is 1. The summed E-state index contributed by atoms with van der Waals surface area (Å²) in [5.74, 6) is 2.39. The summed E-state index contributed by atoms with van der Waals surface area (Å²) in [6, 6.07) is 8.57. The van der Waals surface area contributed by atoms with Gasteiger partial charge in [0, 0.05) is 6.07 Å². The Morgan fingerprint density at radius 2 is 1.38 bits per heavy atom. The van der Waals surface area contributed by atoms with Crippen LogP contribution in [0.2, 0.25) is 0 Å². The molecule has 0 saturated heterocycles. The van der Waals surface area contributed by atoms with Crippen LogP contribution in [0.15, 0.2) is 36.4 Å². The van der Waals surface area contributed by atoms with Gasteiger partial charge in [-0.3, -0.25) is 4.79 Å². The standard InChI is InChI=1S/C20H22O6/c1-22-14-7-8-15(17(12-14)23-2)16(21)9-6-13-10-18(24-3)20(26-5)19(11-13)25-4/h6-12H,1-5H3/b9-6+. The molecule has 26 heavy (non-hydrogen) atoms. The van der Waals surface area contributed by atoms with Crippen molar-refractivity contribution in [2.75, 3.05) is 35.5 Å². The van der Waals surface area contributed by atoms with Crippen LogP contribution in [0.1, 0.15) is 15.9 Å². The van der Waals surface area contributed by atoms with Crippen LogP contribution in [0.5, 0.6) is 28.7 Å². The topological polar surface area (TPSA) is 63.2 Å². The molecule has 0 radical (unpaired) electrons. The largest absolute Gasteiger partial charge is 0.497 e. The van der Waals surface area contributed by atoms with Crippen molar-refractivity contribution in [2.24, 2.45) is 0 Å². The van der Waals surface area contributed by atoms with Gasteiger partial charge in [0.1, 0.15) is 11.5 Å². The Balaban J connectivity index is 2.33. The number of benzene rings is 2. The Bertz CT molecular complexity index is 785. The minimum atomic E-state index is -0.196. The van der Waals surface area contributed by atoms with Gasteiger partial charge in [-0.25, -0.2) is 0 Å². The van der Waals surface area contributed by atoms with Gasteiger partial charge in [0.2, 0.25) is 5.75 Å². The number of ether oxygens (including phenoxy) is 5. The van der Waals surface area contributed by atoms with E-state index in [4.69, 9.17) is 23.7 Å². The highest BCUT2D eigenvalue weighted by molar-refractivity contribution is 6.08. The van der Waals surface area contributed by atoms with Crippen LogP contribution >= 0.6 is 0 Å². The van der Waals surface area contributed by atoms with Crippen molar-refractivity contribution < 1.29 is 28.5 Å². The summed E-state index contributed by atoms with van der Waals surface area (Å²) in [6.45, 7) is 0. The summed E-state index contributed by atoms with van der Waals surface area (Å²) < 4.78 is 26.3. The average Bonchev–Trinajstić information content (AvgIpc) is 2.70. The molecule has 0 aliphatic rings. The summed E-state index contributed by atoms with van der Waals surface area (Å²) in [4.78, 5) is 12.5. The van der Waals surface area contributed by atoms with E-state index in [-0.39, 0.29) is 5.78 Å². The molecule has 0 fully saturated rings. The van der Waals surface area contributed by atoms with E-state index < -0.39 is 0 Å². The lowest BCUT2D eigenvalue weighted by atomic mass is 10.1. The zero-order valence-corrected chi connectivity index (χ0v) is 15.5. The zero-order chi connectivity index (χ0) is 19.1. The molecule has 0 atom stereocenters. The SMILES string of the molecule is COc1ccc(C(=O)/C=C/c2cc(OC)c(OC)c(OC)c2)c(OC)c1. The quantitative estimate of drug-likeness (QED) is 0.530. The van der Waals surface area contributed by atoms with Crippen LogP contribution in [0.4, 0.5) is 0 Å². The van der Waals surface area contributed by atoms with Crippen LogP contribution in [0.3, 0.4) is 0 Å². The second kappa shape index (κ2) is 8.80. The molecule has 2 aromatic rings. The minimum absolute atomic E-state index is 0.196. The fourth-order valence-electron chi connectivity index (χ4n) is 2.46. The molecular formula is C20H22O6. The van der Waals surface area contributed by atoms with Gasteiger partial charge in [-0.05, 0) is 35.9 Å². The fraction of sp³-hybridized carbons (Fsp3) is 0.250. The van der Waals surface area contributed by atoms with Crippen molar-refractivity contribution in [1.82, 2.24) is 0 Å². The Morgan fingerprint density at radius 3 is 1.88 bits per heavy atom. The monoisotopic (exact) mass is 358 g/mol. The van der Waals surface area contributed by atoms with Gasteiger partial charge in [-0.15, -0.1) is 0 Å². The van der Waals surface area contributed by atoms with Gasteiger partial charge in [0.15, 0.2) is 17.3 Å². The molecule has 2 aromatic carbocycles. The predicted octanol–water partition coefficient (Wildman–Crippen LogP) is 3.63. The maximum absolute atomic E-state index is 12.5. The molecule has 0 heterocycles. The van der Waals surface area contributed by atoms with E-state index in [9.17, 15) is 4.79 Å². The van der Waals surface area contributed by atoms with Crippen LogP contribution in [-0.4, -0.2) is 41.3 Å². The van der Waals surface area contributed by atoms with E-state index in [1.165, 1.54) is 34.5 Å². The third-order valence-corrected chi connectivity index (χ3v) is 3.79. The van der Waals surface area contributed by atoms with Crippen LogP contribution in [0.25, 0.3) is 6.08 Å². The van der Waals surface area contributed by atoms with Crippen molar-refractivity contribution in [3.05, 3.63) is 47.5 Å². The van der Waals surface area contributed by atoms with Crippen LogP contribution < -0.4 is 23.7 Å². The molecule has 2 rings (SSSR count). The molecule has 6 heteroatoms. The van der Waals surface area contributed by atoms with E-state index in [1.807, 2.05) is 0 Å². The zero-order valence-electron chi connectivity index (χ0n) is 15.5. The Hall–Kier alpha value is -3.15. The molecular weight excluding hydrogens is 336 g/mol. The second-order valence-corrected chi connectivity index (χ2v) is 5.22. The lowest BCUT2D eigenvalue weighted by Crippen LogP contribution is -1.99. The molecule has 0 aliphatic heterocycles. The molecule has 6 nitrogen and oxygen atoms in total. The summed E-state index contributed by atoms with van der Waals surface area (Å²) in [7, 11) is 7.68. The van der Waals surface area contributed by atoms with Gasteiger partial charge < -0.3 is 23.7 Å². The van der Waals surface area contributed by atoms with Crippen LogP contribution in [-0.2, 0) is 0 Å². The first-order valence-corrected chi connectivity index (χ1v) is 7.82. The van der Waals surface area contributed by atoms with Crippen molar-refractivity contribution >= 4 is 11.9 Å². The maximum Gasteiger partial charge on any atom is 0.203 e. The van der Waals surface area contributed by atoms with Crippen LogP contribution in [0, 0.1) is 0 Å². The minimum Gasteiger partial charge on any atom is -0.497 e. The summed E-state index contributed by atoms with van der Waals surface area (Å²) in [5, 5.41) is 0. The molecule has 138 valence electrons. The van der Waals surface area contributed by atoms with E-state index >= 15 is 0 Å². The normalized spacial score (nSPS) is 10.5. The number of rotatable bonds is 8. The van der Waals surface area contributed by atoms with E-state index in [2.05, 4.69) is 0 Å². The van der Waals surface area contributed by atoms with Gasteiger partial charge in [-0.2, -0.15) is 0 Å². The molecule has 0 amide bonds. The highest BCUT2D eigenvalue weighted by atomic mass is 16.5. The Kier molecular flexibility index (Phi) is 6.49. The van der Waals surface area contributed by atoms with Crippen molar-refractivity contribution in [1.29, 1.82) is 0 Å². The lowest BCUT2D eigenvalue weighted by Gasteiger charge is -2.12. The molecule has 0 unspecified atom stereocenters. The first kappa shape index (κ1) is 19.2. The highest BCUT2D eigenvalue weighted by Gasteiger charge is 2.13. The first-order chi connectivity index (χ1) is 12.6. The van der Waals surface area contributed by atoms with Gasteiger partial charge in [-0.1, -0.05) is 6.08 Å². The molecule has 0 spiro atoms.